The molecule has 0 saturated heterocycles. The summed E-state index contributed by atoms with van der Waals surface area (Å²) in [5.74, 6) is 0.882. The van der Waals surface area contributed by atoms with Gasteiger partial charge in [0.15, 0.2) is 11.5 Å². The zero-order valence-electron chi connectivity index (χ0n) is 19.3. The fraction of sp³-hybridized carbons (Fsp3) is 0.107. The second-order valence-corrected chi connectivity index (χ2v) is 10.5. The van der Waals surface area contributed by atoms with Crippen LogP contribution in [0.3, 0.4) is 0 Å². The Balaban J connectivity index is 2.04. The Hall–Kier alpha value is -3.82. The molecule has 34 heavy (non-hydrogen) atoms. The van der Waals surface area contributed by atoms with E-state index in [0.717, 1.165) is 15.9 Å². The van der Waals surface area contributed by atoms with Crippen molar-refractivity contribution in [2.24, 2.45) is 4.74 Å². The minimum atomic E-state index is -2.68. The smallest absolute Gasteiger partial charge is 0.276 e. The molecule has 0 aliphatic rings. The van der Waals surface area contributed by atoms with Crippen LogP contribution in [0.4, 0.5) is 0 Å². The molecule has 1 amide bonds. The van der Waals surface area contributed by atoms with Crippen LogP contribution < -0.4 is 30.1 Å². The normalized spacial score (nSPS) is 10.9. The lowest BCUT2D eigenvalue weighted by atomic mass is 10.1. The van der Waals surface area contributed by atoms with E-state index in [1.165, 1.54) is 21.3 Å². The highest BCUT2D eigenvalue weighted by Crippen LogP contribution is 2.47. The van der Waals surface area contributed by atoms with Crippen LogP contribution in [0.2, 0.25) is 0 Å². The molecule has 6 heteroatoms. The summed E-state index contributed by atoms with van der Waals surface area (Å²) in [6.07, 6.45) is 0. The summed E-state index contributed by atoms with van der Waals surface area (Å²) in [5, 5.41) is 2.98. The maximum atomic E-state index is 13.8. The van der Waals surface area contributed by atoms with Crippen molar-refractivity contribution >= 4 is 28.9 Å². The summed E-state index contributed by atoms with van der Waals surface area (Å²) in [7, 11) is 1.90. The molecule has 0 saturated carbocycles. The molecule has 0 unspecified atom stereocenters. The predicted molar refractivity (Wildman–Crippen MR) is 138 cm³/mol. The Bertz CT molecular complexity index is 1190. The van der Waals surface area contributed by atoms with Crippen molar-refractivity contribution in [3.8, 4) is 17.2 Å². The van der Waals surface area contributed by atoms with Gasteiger partial charge in [-0.15, -0.1) is 0 Å². The largest absolute Gasteiger partial charge is 0.493 e. The number of methoxy groups -OCH3 is 3. The zero-order chi connectivity index (χ0) is 24.0. The third-order valence-corrected chi connectivity index (χ3v) is 9.16. The summed E-state index contributed by atoms with van der Waals surface area (Å²) in [4.78, 5) is 13.8. The standard InChI is InChI=1S/C28H26NO4P/c1-31-25-19-21(20-26(32-2)27(25)33-3)28(30)29-34(22-13-7-4-8-14-22,23-15-9-5-10-16-23)24-17-11-6-12-18-24/h4-20H,1-3H3. The topological polar surface area (TPSA) is 57.1 Å². The van der Waals surface area contributed by atoms with E-state index in [2.05, 4.69) is 0 Å². The first-order chi connectivity index (χ1) is 16.6. The van der Waals surface area contributed by atoms with E-state index in [4.69, 9.17) is 19.0 Å². The van der Waals surface area contributed by atoms with Gasteiger partial charge in [0.05, 0.1) is 28.4 Å². The van der Waals surface area contributed by atoms with Crippen LogP contribution in [0.25, 0.3) is 0 Å². The monoisotopic (exact) mass is 471 g/mol. The Kier molecular flexibility index (Phi) is 7.15. The zero-order valence-corrected chi connectivity index (χ0v) is 20.2. The van der Waals surface area contributed by atoms with Crippen LogP contribution in [0, 0.1) is 0 Å². The van der Waals surface area contributed by atoms with E-state index in [0.29, 0.717) is 22.8 Å². The Morgan fingerprint density at radius 3 is 1.32 bits per heavy atom. The first-order valence-electron chi connectivity index (χ1n) is 10.8. The van der Waals surface area contributed by atoms with E-state index in [9.17, 15) is 4.79 Å². The molecule has 0 spiro atoms. The average molecular weight is 471 g/mol. The van der Waals surface area contributed by atoms with Crippen molar-refractivity contribution in [2.45, 2.75) is 0 Å². The fourth-order valence-electron chi connectivity index (χ4n) is 3.95. The van der Waals surface area contributed by atoms with E-state index >= 15 is 0 Å². The third-order valence-electron chi connectivity index (χ3n) is 5.54. The van der Waals surface area contributed by atoms with Gasteiger partial charge in [-0.05, 0) is 12.1 Å². The van der Waals surface area contributed by atoms with Gasteiger partial charge in [-0.3, -0.25) is 4.79 Å². The van der Waals surface area contributed by atoms with Gasteiger partial charge in [0, 0.05) is 21.5 Å². The third kappa shape index (κ3) is 4.35. The van der Waals surface area contributed by atoms with Crippen molar-refractivity contribution in [2.75, 3.05) is 21.3 Å². The van der Waals surface area contributed by atoms with Crippen LogP contribution in [-0.4, -0.2) is 27.2 Å². The lowest BCUT2D eigenvalue weighted by Gasteiger charge is -2.26. The van der Waals surface area contributed by atoms with E-state index < -0.39 is 7.05 Å². The molecule has 0 radical (unpaired) electrons. The quantitative estimate of drug-likeness (QED) is 0.355. The van der Waals surface area contributed by atoms with Gasteiger partial charge in [-0.25, -0.2) is 4.74 Å². The minimum Gasteiger partial charge on any atom is -0.493 e. The van der Waals surface area contributed by atoms with Crippen LogP contribution >= 0.6 is 7.05 Å². The van der Waals surface area contributed by atoms with Gasteiger partial charge in [0.25, 0.3) is 5.91 Å². The number of rotatable bonds is 7. The molecule has 0 aromatic heterocycles. The first kappa shape index (κ1) is 23.3. The maximum Gasteiger partial charge on any atom is 0.276 e. The highest BCUT2D eigenvalue weighted by Gasteiger charge is 2.29. The predicted octanol–water partition coefficient (Wildman–Crippen LogP) is 5.03. The summed E-state index contributed by atoms with van der Waals surface area (Å²) in [5.41, 5.74) is 0.363. The van der Waals surface area contributed by atoms with Crippen LogP contribution in [-0.2, 0) is 0 Å². The molecule has 0 aliphatic carbocycles. The van der Waals surface area contributed by atoms with Gasteiger partial charge >= 0.3 is 0 Å². The van der Waals surface area contributed by atoms with Crippen molar-refractivity contribution in [1.29, 1.82) is 0 Å². The van der Waals surface area contributed by atoms with Crippen molar-refractivity contribution < 1.29 is 19.0 Å². The lowest BCUT2D eigenvalue weighted by Crippen LogP contribution is -2.26. The van der Waals surface area contributed by atoms with Gasteiger partial charge in [0.1, 0.15) is 0 Å². The van der Waals surface area contributed by atoms with Crippen molar-refractivity contribution in [1.82, 2.24) is 0 Å². The molecule has 172 valence electrons. The van der Waals surface area contributed by atoms with Gasteiger partial charge in [0.2, 0.25) is 5.75 Å². The molecule has 4 aromatic rings. The van der Waals surface area contributed by atoms with Crippen LogP contribution in [0.15, 0.2) is 108 Å². The fourth-order valence-corrected chi connectivity index (χ4v) is 7.39. The molecule has 4 rings (SSSR count). The maximum absolute atomic E-state index is 13.8. The van der Waals surface area contributed by atoms with E-state index in [-0.39, 0.29) is 5.91 Å². The Morgan fingerprint density at radius 2 is 1.00 bits per heavy atom. The Morgan fingerprint density at radius 1 is 0.618 bits per heavy atom. The number of hydrogen-bond acceptors (Lipinski definition) is 4. The molecule has 0 atom stereocenters. The second-order valence-electron chi connectivity index (χ2n) is 7.46. The molecule has 4 aromatic carbocycles. The van der Waals surface area contributed by atoms with Crippen LogP contribution in [0.5, 0.6) is 17.2 Å². The van der Waals surface area contributed by atoms with Gasteiger partial charge < -0.3 is 14.2 Å². The van der Waals surface area contributed by atoms with Crippen LogP contribution in [0.1, 0.15) is 10.4 Å². The molecule has 0 N–H and O–H groups in total. The molecule has 0 heterocycles. The molecule has 0 aliphatic heterocycles. The number of carbonyl (C=O) groups excluding carboxylic acids is 1. The SMILES string of the molecule is COc1cc(C(=O)N=P(c2ccccc2)(c2ccccc2)c2ccccc2)cc(OC)c1OC. The van der Waals surface area contributed by atoms with E-state index in [1.54, 1.807) is 12.1 Å². The number of benzene rings is 4. The number of nitrogens with zero attached hydrogens (tertiary/aromatic N) is 1. The van der Waals surface area contributed by atoms with Gasteiger partial charge in [-0.2, -0.15) is 0 Å². The summed E-state index contributed by atoms with van der Waals surface area (Å²) < 4.78 is 21.4. The number of hydrogen-bond donors (Lipinski definition) is 0. The van der Waals surface area contributed by atoms with Crippen molar-refractivity contribution in [3.63, 3.8) is 0 Å². The average Bonchev–Trinajstić information content (AvgIpc) is 2.92. The van der Waals surface area contributed by atoms with E-state index in [1.807, 2.05) is 91.0 Å². The Labute approximate surface area is 200 Å². The van der Waals surface area contributed by atoms with Gasteiger partial charge in [-0.1, -0.05) is 91.0 Å². The molecule has 0 bridgehead atoms. The molecular weight excluding hydrogens is 445 g/mol. The molecule has 0 fully saturated rings. The number of ether oxygens (including phenoxy) is 3. The lowest BCUT2D eigenvalue weighted by molar-refractivity contribution is 0.100. The molecule has 5 nitrogen and oxygen atoms in total. The second kappa shape index (κ2) is 10.4. The minimum absolute atomic E-state index is 0.357. The number of carbonyl (C=O) groups is 1. The summed E-state index contributed by atoms with van der Waals surface area (Å²) in [6.45, 7) is 0. The highest BCUT2D eigenvalue weighted by atomic mass is 31.2. The number of amides is 1. The summed E-state index contributed by atoms with van der Waals surface area (Å²) in [6, 6.07) is 33.3. The highest BCUT2D eigenvalue weighted by molar-refractivity contribution is 7.87. The van der Waals surface area contributed by atoms with Crippen molar-refractivity contribution in [3.05, 3.63) is 109 Å². The first-order valence-corrected chi connectivity index (χ1v) is 12.5. The summed E-state index contributed by atoms with van der Waals surface area (Å²) >= 11 is 0. The molecular formula is C28H26NO4P.